The van der Waals surface area contributed by atoms with Crippen LogP contribution in [0.1, 0.15) is 18.2 Å². The van der Waals surface area contributed by atoms with Crippen LogP contribution in [-0.2, 0) is 13.1 Å². The molecule has 0 spiro atoms. The molecule has 17 heavy (non-hydrogen) atoms. The lowest BCUT2D eigenvalue weighted by atomic mass is 10.3. The third-order valence-electron chi connectivity index (χ3n) is 2.63. The Balaban J connectivity index is 2.05. The predicted octanol–water partition coefficient (Wildman–Crippen LogP) is 2.98. The molecule has 2 aromatic rings. The standard InChI is InChI=1S/C12H15BrN4/c1-3-17-8-14-6-11(17)7-15-10-4-9(2)12(13)16-5-10/h4-6,8,15H,3,7H2,1-2H3. The summed E-state index contributed by atoms with van der Waals surface area (Å²) in [5.74, 6) is 0. The van der Waals surface area contributed by atoms with E-state index in [1.165, 1.54) is 5.69 Å². The molecule has 0 saturated carbocycles. The maximum Gasteiger partial charge on any atom is 0.109 e. The van der Waals surface area contributed by atoms with Crippen molar-refractivity contribution in [3.05, 3.63) is 40.6 Å². The van der Waals surface area contributed by atoms with Gasteiger partial charge in [-0.15, -0.1) is 0 Å². The Morgan fingerprint density at radius 3 is 2.94 bits per heavy atom. The van der Waals surface area contributed by atoms with Gasteiger partial charge < -0.3 is 9.88 Å². The summed E-state index contributed by atoms with van der Waals surface area (Å²) in [4.78, 5) is 8.39. The number of halogens is 1. The van der Waals surface area contributed by atoms with Crippen LogP contribution < -0.4 is 5.32 Å². The summed E-state index contributed by atoms with van der Waals surface area (Å²) >= 11 is 3.39. The monoisotopic (exact) mass is 294 g/mol. The number of hydrogen-bond donors (Lipinski definition) is 1. The molecule has 0 amide bonds. The second-order valence-corrected chi connectivity index (χ2v) is 4.61. The summed E-state index contributed by atoms with van der Waals surface area (Å²) in [5.41, 5.74) is 3.32. The van der Waals surface area contributed by atoms with Crippen LogP contribution in [0.15, 0.2) is 29.4 Å². The Morgan fingerprint density at radius 1 is 1.41 bits per heavy atom. The van der Waals surface area contributed by atoms with Crippen LogP contribution >= 0.6 is 15.9 Å². The molecule has 4 nitrogen and oxygen atoms in total. The third kappa shape index (κ3) is 2.85. The summed E-state index contributed by atoms with van der Waals surface area (Å²) in [7, 11) is 0. The first kappa shape index (κ1) is 12.1. The van der Waals surface area contributed by atoms with E-state index in [0.29, 0.717) is 0 Å². The lowest BCUT2D eigenvalue weighted by molar-refractivity contribution is 0.719. The van der Waals surface area contributed by atoms with Crippen molar-refractivity contribution in [2.75, 3.05) is 5.32 Å². The zero-order valence-electron chi connectivity index (χ0n) is 9.94. The number of imidazole rings is 1. The van der Waals surface area contributed by atoms with E-state index in [-0.39, 0.29) is 0 Å². The summed E-state index contributed by atoms with van der Waals surface area (Å²) in [6.45, 7) is 5.83. The number of aromatic nitrogens is 3. The van der Waals surface area contributed by atoms with Crippen molar-refractivity contribution in [2.24, 2.45) is 0 Å². The Morgan fingerprint density at radius 2 is 2.24 bits per heavy atom. The van der Waals surface area contributed by atoms with Gasteiger partial charge in [0.1, 0.15) is 4.60 Å². The van der Waals surface area contributed by atoms with Crippen molar-refractivity contribution in [3.8, 4) is 0 Å². The molecule has 0 bridgehead atoms. The predicted molar refractivity (Wildman–Crippen MR) is 71.9 cm³/mol. The third-order valence-corrected chi connectivity index (χ3v) is 3.46. The van der Waals surface area contributed by atoms with Crippen molar-refractivity contribution in [3.63, 3.8) is 0 Å². The number of anilines is 1. The van der Waals surface area contributed by atoms with Crippen LogP contribution in [0, 0.1) is 6.92 Å². The molecule has 2 rings (SSSR count). The van der Waals surface area contributed by atoms with Gasteiger partial charge in [-0.1, -0.05) is 0 Å². The molecule has 0 atom stereocenters. The fourth-order valence-electron chi connectivity index (χ4n) is 1.63. The molecule has 0 aliphatic heterocycles. The Kier molecular flexibility index (Phi) is 3.78. The van der Waals surface area contributed by atoms with E-state index in [1.807, 2.05) is 25.6 Å². The first-order valence-corrected chi connectivity index (χ1v) is 6.35. The minimum atomic E-state index is 0.761. The van der Waals surface area contributed by atoms with E-state index in [4.69, 9.17) is 0 Å². The van der Waals surface area contributed by atoms with Gasteiger partial charge in [0.05, 0.1) is 30.5 Å². The molecule has 0 aromatic carbocycles. The molecule has 0 radical (unpaired) electrons. The molecule has 0 aliphatic rings. The van der Waals surface area contributed by atoms with Crippen molar-refractivity contribution in [2.45, 2.75) is 26.9 Å². The molecular weight excluding hydrogens is 280 g/mol. The highest BCUT2D eigenvalue weighted by atomic mass is 79.9. The van der Waals surface area contributed by atoms with Gasteiger partial charge in [-0.3, -0.25) is 0 Å². The SMILES string of the molecule is CCn1cncc1CNc1cnc(Br)c(C)c1. The molecule has 5 heteroatoms. The molecule has 0 fully saturated rings. The van der Waals surface area contributed by atoms with Crippen LogP contribution in [-0.4, -0.2) is 14.5 Å². The highest BCUT2D eigenvalue weighted by molar-refractivity contribution is 9.10. The second kappa shape index (κ2) is 5.31. The van der Waals surface area contributed by atoms with Crippen molar-refractivity contribution >= 4 is 21.6 Å². The van der Waals surface area contributed by atoms with E-state index in [0.717, 1.165) is 28.9 Å². The minimum absolute atomic E-state index is 0.761. The van der Waals surface area contributed by atoms with E-state index >= 15 is 0 Å². The summed E-state index contributed by atoms with van der Waals surface area (Å²) in [6.07, 6.45) is 5.56. The topological polar surface area (TPSA) is 42.7 Å². The summed E-state index contributed by atoms with van der Waals surface area (Å²) in [5, 5.41) is 3.35. The van der Waals surface area contributed by atoms with Gasteiger partial charge in [-0.25, -0.2) is 9.97 Å². The number of hydrogen-bond acceptors (Lipinski definition) is 3. The first-order chi connectivity index (χ1) is 8.20. The lowest BCUT2D eigenvalue weighted by Gasteiger charge is -2.09. The normalized spacial score (nSPS) is 10.5. The highest BCUT2D eigenvalue weighted by Gasteiger charge is 2.02. The van der Waals surface area contributed by atoms with Crippen molar-refractivity contribution < 1.29 is 0 Å². The number of aryl methyl sites for hydroxylation is 2. The number of rotatable bonds is 4. The highest BCUT2D eigenvalue weighted by Crippen LogP contribution is 2.17. The first-order valence-electron chi connectivity index (χ1n) is 5.55. The van der Waals surface area contributed by atoms with Gasteiger partial charge in [0.15, 0.2) is 0 Å². The minimum Gasteiger partial charge on any atom is -0.378 e. The Bertz CT molecular complexity index is 507. The quantitative estimate of drug-likeness (QED) is 0.882. The van der Waals surface area contributed by atoms with E-state index in [1.54, 1.807) is 0 Å². The van der Waals surface area contributed by atoms with Gasteiger partial charge >= 0.3 is 0 Å². The fourth-order valence-corrected chi connectivity index (χ4v) is 1.84. The Hall–Kier alpha value is -1.36. The van der Waals surface area contributed by atoms with Crippen LogP contribution in [0.5, 0.6) is 0 Å². The van der Waals surface area contributed by atoms with Gasteiger partial charge in [0.25, 0.3) is 0 Å². The van der Waals surface area contributed by atoms with Gasteiger partial charge in [-0.2, -0.15) is 0 Å². The average Bonchev–Trinajstić information content (AvgIpc) is 2.78. The zero-order valence-corrected chi connectivity index (χ0v) is 11.5. The molecule has 2 heterocycles. The Labute approximate surface area is 109 Å². The number of nitrogens with zero attached hydrogens (tertiary/aromatic N) is 3. The summed E-state index contributed by atoms with van der Waals surface area (Å²) < 4.78 is 3.01. The number of nitrogens with one attached hydrogen (secondary N) is 1. The lowest BCUT2D eigenvalue weighted by Crippen LogP contribution is -2.06. The van der Waals surface area contributed by atoms with Crippen LogP contribution in [0.2, 0.25) is 0 Å². The second-order valence-electron chi connectivity index (χ2n) is 3.86. The van der Waals surface area contributed by atoms with Crippen LogP contribution in [0.3, 0.4) is 0 Å². The molecule has 1 N–H and O–H groups in total. The molecule has 0 saturated heterocycles. The van der Waals surface area contributed by atoms with E-state index < -0.39 is 0 Å². The molecule has 0 aliphatic carbocycles. The van der Waals surface area contributed by atoms with Gasteiger partial charge in [0.2, 0.25) is 0 Å². The fraction of sp³-hybridized carbons (Fsp3) is 0.333. The molecule has 0 unspecified atom stereocenters. The zero-order chi connectivity index (χ0) is 12.3. The van der Waals surface area contributed by atoms with E-state index in [9.17, 15) is 0 Å². The van der Waals surface area contributed by atoms with Crippen LogP contribution in [0.4, 0.5) is 5.69 Å². The average molecular weight is 295 g/mol. The largest absolute Gasteiger partial charge is 0.378 e. The van der Waals surface area contributed by atoms with E-state index in [2.05, 4.69) is 48.8 Å². The summed E-state index contributed by atoms with van der Waals surface area (Å²) in [6, 6.07) is 2.07. The molecule has 90 valence electrons. The van der Waals surface area contributed by atoms with Crippen LogP contribution in [0.25, 0.3) is 0 Å². The van der Waals surface area contributed by atoms with Crippen molar-refractivity contribution in [1.29, 1.82) is 0 Å². The molecule has 2 aromatic heterocycles. The van der Waals surface area contributed by atoms with Gasteiger partial charge in [0, 0.05) is 12.7 Å². The molecular formula is C12H15BrN4. The van der Waals surface area contributed by atoms with Crippen molar-refractivity contribution in [1.82, 2.24) is 14.5 Å². The number of pyridine rings is 1. The maximum atomic E-state index is 4.25. The maximum absolute atomic E-state index is 4.25. The van der Waals surface area contributed by atoms with Gasteiger partial charge in [-0.05, 0) is 41.4 Å². The smallest absolute Gasteiger partial charge is 0.109 e.